The fourth-order valence-electron chi connectivity index (χ4n) is 3.65. The van der Waals surface area contributed by atoms with Gasteiger partial charge in [0.15, 0.2) is 0 Å². The van der Waals surface area contributed by atoms with Crippen molar-refractivity contribution in [2.75, 3.05) is 26.2 Å². The van der Waals surface area contributed by atoms with Gasteiger partial charge in [-0.05, 0) is 45.7 Å². The van der Waals surface area contributed by atoms with Crippen LogP contribution in [-0.2, 0) is 14.3 Å². The second kappa shape index (κ2) is 9.37. The monoisotopic (exact) mass is 444 g/mol. The Morgan fingerprint density at radius 1 is 1.03 bits per heavy atom. The molecule has 0 atom stereocenters. The molecule has 3 rings (SSSR count). The summed E-state index contributed by atoms with van der Waals surface area (Å²) in [6.45, 7) is 5.56. The molecule has 5 amide bonds. The Kier molecular flexibility index (Phi) is 6.81. The molecule has 32 heavy (non-hydrogen) atoms. The number of ether oxygens (including phenoxy) is 1. The molecule has 0 spiro atoms. The third-order valence-electron chi connectivity index (χ3n) is 5.18. The Bertz CT molecular complexity index is 896. The zero-order chi connectivity index (χ0) is 23.5. The van der Waals surface area contributed by atoms with E-state index in [0.717, 1.165) is 4.90 Å². The number of hydrogen-bond donors (Lipinski definition) is 2. The summed E-state index contributed by atoms with van der Waals surface area (Å²) in [6.07, 6.45) is 0.416. The lowest BCUT2D eigenvalue weighted by Gasteiger charge is -2.32. The number of fused-ring (bicyclic) bond motifs is 1. The molecule has 2 aliphatic heterocycles. The van der Waals surface area contributed by atoms with Crippen LogP contribution >= 0.6 is 0 Å². The summed E-state index contributed by atoms with van der Waals surface area (Å²) < 4.78 is 5.11. The minimum absolute atomic E-state index is 0.161. The van der Waals surface area contributed by atoms with Crippen LogP contribution in [0.5, 0.6) is 0 Å². The van der Waals surface area contributed by atoms with Crippen molar-refractivity contribution in [1.82, 2.24) is 20.4 Å². The molecular formula is C22H28N4O6. The molecule has 2 N–H and O–H groups in total. The molecule has 2 aliphatic rings. The number of rotatable bonds is 5. The third kappa shape index (κ3) is 5.63. The lowest BCUT2D eigenvalue weighted by atomic mass is 10.0. The Morgan fingerprint density at radius 3 is 2.12 bits per heavy atom. The molecule has 1 aromatic rings. The number of carbonyl (C=O) groups excluding carboxylic acids is 5. The van der Waals surface area contributed by atoms with E-state index in [1.54, 1.807) is 49.9 Å². The van der Waals surface area contributed by atoms with Gasteiger partial charge in [-0.15, -0.1) is 0 Å². The Hall–Kier alpha value is -3.43. The van der Waals surface area contributed by atoms with Gasteiger partial charge < -0.3 is 20.3 Å². The van der Waals surface area contributed by atoms with Crippen LogP contribution in [0, 0.1) is 0 Å². The van der Waals surface area contributed by atoms with Gasteiger partial charge in [0.25, 0.3) is 11.8 Å². The molecule has 1 saturated heterocycles. The van der Waals surface area contributed by atoms with Crippen LogP contribution < -0.4 is 10.6 Å². The quantitative estimate of drug-likeness (QED) is 0.651. The highest BCUT2D eigenvalue weighted by molar-refractivity contribution is 6.22. The number of nitrogens with one attached hydrogen (secondary N) is 2. The number of alkyl carbamates (subject to hydrolysis) is 1. The predicted molar refractivity (Wildman–Crippen MR) is 114 cm³/mol. The molecule has 172 valence electrons. The molecule has 2 heterocycles. The normalized spacial score (nSPS) is 16.6. The van der Waals surface area contributed by atoms with Crippen molar-refractivity contribution in [3.63, 3.8) is 0 Å². The molecule has 0 saturated carbocycles. The third-order valence-corrected chi connectivity index (χ3v) is 5.18. The first-order valence-corrected chi connectivity index (χ1v) is 10.5. The van der Waals surface area contributed by atoms with Gasteiger partial charge in [-0.1, -0.05) is 12.1 Å². The second-order valence-corrected chi connectivity index (χ2v) is 8.82. The first kappa shape index (κ1) is 23.2. The van der Waals surface area contributed by atoms with Gasteiger partial charge in [0.2, 0.25) is 11.8 Å². The zero-order valence-electron chi connectivity index (χ0n) is 18.5. The van der Waals surface area contributed by atoms with Crippen molar-refractivity contribution in [2.45, 2.75) is 45.3 Å². The van der Waals surface area contributed by atoms with Crippen molar-refractivity contribution in [3.05, 3.63) is 35.4 Å². The first-order valence-electron chi connectivity index (χ1n) is 10.5. The van der Waals surface area contributed by atoms with Crippen LogP contribution in [0.15, 0.2) is 24.3 Å². The lowest BCUT2D eigenvalue weighted by Crippen LogP contribution is -2.51. The number of imide groups is 1. The summed E-state index contributed by atoms with van der Waals surface area (Å²) in [5.41, 5.74) is -0.0363. The minimum Gasteiger partial charge on any atom is -0.444 e. The largest absolute Gasteiger partial charge is 0.444 e. The molecule has 1 fully saturated rings. The van der Waals surface area contributed by atoms with Gasteiger partial charge in [0.05, 0.1) is 11.1 Å². The number of hydrogen-bond acceptors (Lipinski definition) is 6. The molecule has 0 aromatic heterocycles. The molecular weight excluding hydrogens is 416 g/mol. The maximum Gasteiger partial charge on any atom is 0.408 e. The van der Waals surface area contributed by atoms with E-state index in [1.165, 1.54) is 0 Å². The highest BCUT2D eigenvalue weighted by Crippen LogP contribution is 2.22. The number of piperidine rings is 1. The van der Waals surface area contributed by atoms with Crippen LogP contribution in [0.1, 0.15) is 54.3 Å². The van der Waals surface area contributed by atoms with E-state index in [-0.39, 0.29) is 25.0 Å². The van der Waals surface area contributed by atoms with Crippen LogP contribution in [0.3, 0.4) is 0 Å². The van der Waals surface area contributed by atoms with Crippen molar-refractivity contribution in [2.24, 2.45) is 0 Å². The van der Waals surface area contributed by atoms with Crippen LogP contribution in [0.4, 0.5) is 4.79 Å². The zero-order valence-corrected chi connectivity index (χ0v) is 18.5. The average Bonchev–Trinajstić information content (AvgIpc) is 2.96. The molecule has 0 aliphatic carbocycles. The predicted octanol–water partition coefficient (Wildman–Crippen LogP) is 0.915. The fourth-order valence-corrected chi connectivity index (χ4v) is 3.65. The molecule has 0 radical (unpaired) electrons. The average molecular weight is 444 g/mol. The number of amides is 5. The van der Waals surface area contributed by atoms with Crippen LogP contribution in [0.2, 0.25) is 0 Å². The minimum atomic E-state index is -0.652. The van der Waals surface area contributed by atoms with Gasteiger partial charge in [-0.2, -0.15) is 0 Å². The summed E-state index contributed by atoms with van der Waals surface area (Å²) in [7, 11) is 0. The van der Waals surface area contributed by atoms with E-state index in [0.29, 0.717) is 37.1 Å². The van der Waals surface area contributed by atoms with E-state index < -0.39 is 29.4 Å². The highest BCUT2D eigenvalue weighted by Gasteiger charge is 2.36. The highest BCUT2D eigenvalue weighted by atomic mass is 16.6. The van der Waals surface area contributed by atoms with E-state index in [1.807, 2.05) is 0 Å². The van der Waals surface area contributed by atoms with Crippen molar-refractivity contribution in [3.8, 4) is 0 Å². The summed E-state index contributed by atoms with van der Waals surface area (Å²) in [5.74, 6) is -1.60. The lowest BCUT2D eigenvalue weighted by molar-refractivity contribution is -0.131. The van der Waals surface area contributed by atoms with Crippen molar-refractivity contribution in [1.29, 1.82) is 0 Å². The molecule has 0 unspecified atom stereocenters. The molecule has 1 aromatic carbocycles. The van der Waals surface area contributed by atoms with Crippen molar-refractivity contribution < 1.29 is 28.7 Å². The topological polar surface area (TPSA) is 125 Å². The van der Waals surface area contributed by atoms with Gasteiger partial charge >= 0.3 is 6.09 Å². The molecule has 0 bridgehead atoms. The summed E-state index contributed by atoms with van der Waals surface area (Å²) in [6, 6.07) is 6.31. The fraction of sp³-hybridized carbons (Fsp3) is 0.500. The van der Waals surface area contributed by atoms with E-state index >= 15 is 0 Å². The van der Waals surface area contributed by atoms with E-state index in [2.05, 4.69) is 10.6 Å². The van der Waals surface area contributed by atoms with Crippen LogP contribution in [-0.4, -0.2) is 77.3 Å². The Balaban J connectivity index is 1.41. The number of nitrogens with zero attached hydrogens (tertiary/aromatic N) is 2. The summed E-state index contributed by atoms with van der Waals surface area (Å²) in [4.78, 5) is 63.7. The first-order chi connectivity index (χ1) is 15.0. The van der Waals surface area contributed by atoms with Crippen LogP contribution in [0.25, 0.3) is 0 Å². The van der Waals surface area contributed by atoms with E-state index in [4.69, 9.17) is 4.74 Å². The SMILES string of the molecule is CC(C)(C)OC(=O)NCC(=O)N1CCC(NC(=O)CN2C(=O)c3ccccc3C2=O)CC1. The Morgan fingerprint density at radius 2 is 1.59 bits per heavy atom. The van der Waals surface area contributed by atoms with Gasteiger partial charge in [-0.25, -0.2) is 4.79 Å². The smallest absolute Gasteiger partial charge is 0.408 e. The molecule has 10 nitrogen and oxygen atoms in total. The summed E-state index contributed by atoms with van der Waals surface area (Å²) in [5, 5.41) is 5.28. The van der Waals surface area contributed by atoms with Gasteiger partial charge in [-0.3, -0.25) is 24.1 Å². The van der Waals surface area contributed by atoms with Crippen molar-refractivity contribution >= 4 is 29.7 Å². The maximum absolute atomic E-state index is 12.4. The standard InChI is InChI=1S/C22H28N4O6/c1-22(2,3)32-21(31)23-12-18(28)25-10-8-14(9-11-25)24-17(27)13-26-19(29)15-6-4-5-7-16(15)20(26)30/h4-7,14H,8-13H2,1-3H3,(H,23,31)(H,24,27). The number of benzene rings is 1. The second-order valence-electron chi connectivity index (χ2n) is 8.82. The van der Waals surface area contributed by atoms with Gasteiger partial charge in [0.1, 0.15) is 18.7 Å². The number of carbonyl (C=O) groups is 5. The van der Waals surface area contributed by atoms with E-state index in [9.17, 15) is 24.0 Å². The summed E-state index contributed by atoms with van der Waals surface area (Å²) >= 11 is 0. The van der Waals surface area contributed by atoms with Gasteiger partial charge in [0, 0.05) is 19.1 Å². The maximum atomic E-state index is 12.4. The Labute approximate surface area is 186 Å². The number of likely N-dealkylation sites (tertiary alicyclic amines) is 1. The molecule has 10 heteroatoms.